The molecule has 0 aromatic heterocycles. The Morgan fingerprint density at radius 2 is 2.21 bits per heavy atom. The largest absolute Gasteiger partial charge is 0.409 e. The zero-order valence-electron chi connectivity index (χ0n) is 11.2. The van der Waals surface area contributed by atoms with Gasteiger partial charge in [-0.25, -0.2) is 4.39 Å². The van der Waals surface area contributed by atoms with E-state index in [0.717, 1.165) is 0 Å². The van der Waals surface area contributed by atoms with Crippen molar-refractivity contribution in [2.45, 2.75) is 32.7 Å². The van der Waals surface area contributed by atoms with Gasteiger partial charge in [0.15, 0.2) is 5.84 Å². The molecule has 5 nitrogen and oxygen atoms in total. The van der Waals surface area contributed by atoms with Crippen LogP contribution >= 0.6 is 0 Å². The number of oxime groups is 1. The van der Waals surface area contributed by atoms with E-state index in [1.807, 2.05) is 0 Å². The molecule has 1 unspecified atom stereocenters. The second-order valence-electron chi connectivity index (χ2n) is 4.59. The van der Waals surface area contributed by atoms with Crippen LogP contribution in [0.4, 0.5) is 4.39 Å². The third-order valence-corrected chi connectivity index (χ3v) is 3.19. The van der Waals surface area contributed by atoms with Crippen molar-refractivity contribution in [2.75, 3.05) is 0 Å². The Balaban J connectivity index is 2.98. The molecule has 6 heteroatoms. The molecule has 1 aromatic carbocycles. The predicted octanol–water partition coefficient (Wildman–Crippen LogP) is 1.78. The maximum Gasteiger partial charge on any atom is 0.252 e. The van der Waals surface area contributed by atoms with E-state index in [4.69, 9.17) is 10.9 Å². The quantitative estimate of drug-likeness (QED) is 0.336. The van der Waals surface area contributed by atoms with E-state index in [1.54, 1.807) is 20.8 Å². The van der Waals surface area contributed by atoms with Crippen LogP contribution in [0.2, 0.25) is 0 Å². The lowest BCUT2D eigenvalue weighted by molar-refractivity contribution is 0.0924. The van der Waals surface area contributed by atoms with Crippen LogP contribution in [0.1, 0.15) is 36.2 Å². The number of rotatable bonds is 4. The van der Waals surface area contributed by atoms with E-state index in [1.165, 1.54) is 18.2 Å². The first-order valence-electron chi connectivity index (χ1n) is 5.90. The van der Waals surface area contributed by atoms with Gasteiger partial charge in [-0.2, -0.15) is 0 Å². The van der Waals surface area contributed by atoms with Gasteiger partial charge < -0.3 is 16.3 Å². The van der Waals surface area contributed by atoms with Gasteiger partial charge in [0.2, 0.25) is 0 Å². The summed E-state index contributed by atoms with van der Waals surface area (Å²) in [6.45, 7) is 5.03. The van der Waals surface area contributed by atoms with Gasteiger partial charge in [-0.15, -0.1) is 0 Å². The van der Waals surface area contributed by atoms with Crippen LogP contribution < -0.4 is 11.1 Å². The summed E-state index contributed by atoms with van der Waals surface area (Å²) >= 11 is 0. The van der Waals surface area contributed by atoms with Crippen LogP contribution in [-0.4, -0.2) is 22.5 Å². The maximum atomic E-state index is 13.1. The first kappa shape index (κ1) is 14.9. The topological polar surface area (TPSA) is 87.7 Å². The Kier molecular flexibility index (Phi) is 4.47. The molecule has 0 fully saturated rings. The van der Waals surface area contributed by atoms with Crippen LogP contribution in [-0.2, 0) is 0 Å². The van der Waals surface area contributed by atoms with E-state index in [0.29, 0.717) is 17.5 Å². The highest BCUT2D eigenvalue weighted by Gasteiger charge is 2.30. The molecule has 0 radical (unpaired) electrons. The van der Waals surface area contributed by atoms with Gasteiger partial charge in [0.25, 0.3) is 5.91 Å². The normalized spacial score (nSPS) is 14.8. The van der Waals surface area contributed by atoms with E-state index < -0.39 is 11.4 Å². The fraction of sp³-hybridized carbons (Fsp3) is 0.385. The summed E-state index contributed by atoms with van der Waals surface area (Å²) in [4.78, 5) is 12.1. The third-order valence-electron chi connectivity index (χ3n) is 3.19. The van der Waals surface area contributed by atoms with Crippen LogP contribution in [0.5, 0.6) is 0 Å². The van der Waals surface area contributed by atoms with Crippen molar-refractivity contribution in [1.82, 2.24) is 5.32 Å². The average Bonchev–Trinajstić information content (AvgIpc) is 2.40. The molecular weight excluding hydrogens is 249 g/mol. The van der Waals surface area contributed by atoms with Gasteiger partial charge >= 0.3 is 0 Å². The summed E-state index contributed by atoms with van der Waals surface area (Å²) in [7, 11) is 0. The number of benzene rings is 1. The molecule has 0 bridgehead atoms. The zero-order chi connectivity index (χ0) is 14.6. The minimum atomic E-state index is -0.950. The minimum absolute atomic E-state index is 0.0813. The SMILES string of the molecule is CCC(C)(NC(=O)c1ccc(F)c(C)c1)C(N)=NO. The number of carbonyl (C=O) groups excluding carboxylic acids is 1. The number of nitrogens with one attached hydrogen (secondary N) is 1. The molecule has 104 valence electrons. The Morgan fingerprint density at radius 1 is 1.58 bits per heavy atom. The third kappa shape index (κ3) is 3.21. The molecule has 1 atom stereocenters. The molecule has 0 saturated carbocycles. The highest BCUT2D eigenvalue weighted by molar-refractivity contribution is 6.00. The van der Waals surface area contributed by atoms with Crippen molar-refractivity contribution < 1.29 is 14.4 Å². The standard InChI is InChI=1S/C13H18FN3O2/c1-4-13(3,12(15)17-19)16-11(18)9-5-6-10(14)8(2)7-9/h5-7,19H,4H2,1-3H3,(H2,15,17)(H,16,18). The van der Waals surface area contributed by atoms with E-state index >= 15 is 0 Å². The smallest absolute Gasteiger partial charge is 0.252 e. The van der Waals surface area contributed by atoms with Crippen molar-refractivity contribution in [2.24, 2.45) is 10.9 Å². The molecule has 0 aliphatic rings. The molecule has 0 aliphatic heterocycles. The summed E-state index contributed by atoms with van der Waals surface area (Å²) in [6.07, 6.45) is 0.453. The monoisotopic (exact) mass is 267 g/mol. The number of hydrogen-bond acceptors (Lipinski definition) is 3. The molecule has 0 saturated heterocycles. The second kappa shape index (κ2) is 5.69. The van der Waals surface area contributed by atoms with Crippen LogP contribution in [0.25, 0.3) is 0 Å². The maximum absolute atomic E-state index is 13.1. The number of nitrogens with zero attached hydrogens (tertiary/aromatic N) is 1. The molecule has 4 N–H and O–H groups in total. The Morgan fingerprint density at radius 3 is 2.68 bits per heavy atom. The molecule has 1 rings (SSSR count). The molecule has 0 aliphatic carbocycles. The van der Waals surface area contributed by atoms with E-state index in [-0.39, 0.29) is 11.7 Å². The minimum Gasteiger partial charge on any atom is -0.409 e. The van der Waals surface area contributed by atoms with E-state index in [9.17, 15) is 9.18 Å². The Labute approximate surface area is 111 Å². The molecule has 1 amide bonds. The summed E-state index contributed by atoms with van der Waals surface area (Å²) < 4.78 is 13.1. The highest BCUT2D eigenvalue weighted by atomic mass is 19.1. The summed E-state index contributed by atoms with van der Waals surface area (Å²) in [5.74, 6) is -0.854. The Bertz CT molecular complexity index is 517. The zero-order valence-corrected chi connectivity index (χ0v) is 11.2. The van der Waals surface area contributed by atoms with Gasteiger partial charge in [-0.3, -0.25) is 4.79 Å². The van der Waals surface area contributed by atoms with Gasteiger partial charge in [0.1, 0.15) is 5.82 Å². The fourth-order valence-corrected chi connectivity index (χ4v) is 1.55. The van der Waals surface area contributed by atoms with Crippen molar-refractivity contribution in [1.29, 1.82) is 0 Å². The summed E-state index contributed by atoms with van der Waals surface area (Å²) in [5, 5.41) is 14.3. The van der Waals surface area contributed by atoms with Gasteiger partial charge in [-0.1, -0.05) is 12.1 Å². The summed E-state index contributed by atoms with van der Waals surface area (Å²) in [5.41, 5.74) is 5.32. The fourth-order valence-electron chi connectivity index (χ4n) is 1.55. The van der Waals surface area contributed by atoms with Gasteiger partial charge in [0, 0.05) is 5.56 Å². The van der Waals surface area contributed by atoms with Crippen LogP contribution in [0.15, 0.2) is 23.4 Å². The van der Waals surface area contributed by atoms with Crippen molar-refractivity contribution >= 4 is 11.7 Å². The predicted molar refractivity (Wildman–Crippen MR) is 70.7 cm³/mol. The van der Waals surface area contributed by atoms with Gasteiger partial charge in [-0.05, 0) is 44.0 Å². The molecular formula is C13H18FN3O2. The van der Waals surface area contributed by atoms with Crippen LogP contribution in [0.3, 0.4) is 0 Å². The number of nitrogens with two attached hydrogens (primary N) is 1. The van der Waals surface area contributed by atoms with E-state index in [2.05, 4.69) is 10.5 Å². The van der Waals surface area contributed by atoms with Crippen molar-refractivity contribution in [3.63, 3.8) is 0 Å². The average molecular weight is 267 g/mol. The molecule has 1 aromatic rings. The number of halogens is 1. The number of hydrogen-bond donors (Lipinski definition) is 3. The first-order chi connectivity index (χ1) is 8.84. The first-order valence-corrected chi connectivity index (χ1v) is 5.90. The molecule has 0 spiro atoms. The molecule has 0 heterocycles. The second-order valence-corrected chi connectivity index (χ2v) is 4.59. The highest BCUT2D eigenvalue weighted by Crippen LogP contribution is 2.13. The van der Waals surface area contributed by atoms with Gasteiger partial charge in [0.05, 0.1) is 5.54 Å². The lowest BCUT2D eigenvalue weighted by Crippen LogP contribution is -2.55. The lowest BCUT2D eigenvalue weighted by Gasteiger charge is -2.28. The Hall–Kier alpha value is -2.11. The number of carbonyl (C=O) groups is 1. The number of amides is 1. The number of amidine groups is 1. The lowest BCUT2D eigenvalue weighted by atomic mass is 9.96. The van der Waals surface area contributed by atoms with Crippen molar-refractivity contribution in [3.8, 4) is 0 Å². The molecule has 19 heavy (non-hydrogen) atoms. The summed E-state index contributed by atoms with van der Waals surface area (Å²) in [6, 6.07) is 4.07. The van der Waals surface area contributed by atoms with Crippen molar-refractivity contribution in [3.05, 3.63) is 35.1 Å². The van der Waals surface area contributed by atoms with Crippen LogP contribution in [0, 0.1) is 12.7 Å². The number of aryl methyl sites for hydroxylation is 1.